The molecule has 2 aliphatic heterocycles. The maximum atomic E-state index is 12.7. The highest BCUT2D eigenvalue weighted by Crippen LogP contribution is 2.42. The molecule has 5 nitrogen and oxygen atoms in total. The number of amides is 1. The standard InChI is InChI=1S/C20H28N2O3/c23-19(18-4-3-10-20(18)24-14-15-25-20)21-17-7-5-16(6-8-17)9-13-22-11-1-2-12-22/h5-8,18H,1-4,9-15H2,(H,21,23)/t18-/m1/s1. The lowest BCUT2D eigenvalue weighted by Crippen LogP contribution is -2.41. The number of carbonyl (C=O) groups is 1. The van der Waals surface area contributed by atoms with Gasteiger partial charge < -0.3 is 19.7 Å². The van der Waals surface area contributed by atoms with E-state index in [2.05, 4.69) is 22.3 Å². The Morgan fingerprint density at radius 2 is 1.84 bits per heavy atom. The van der Waals surface area contributed by atoms with Crippen molar-refractivity contribution in [2.45, 2.75) is 44.3 Å². The van der Waals surface area contributed by atoms with E-state index in [1.165, 1.54) is 31.5 Å². The second-order valence-electron chi connectivity index (χ2n) is 7.44. The van der Waals surface area contributed by atoms with Gasteiger partial charge in [-0.3, -0.25) is 4.79 Å². The molecule has 1 amide bonds. The fraction of sp³-hybridized carbons (Fsp3) is 0.650. The van der Waals surface area contributed by atoms with E-state index in [0.717, 1.165) is 37.9 Å². The Balaban J connectivity index is 1.32. The van der Waals surface area contributed by atoms with Crippen LogP contribution in [0, 0.1) is 5.92 Å². The summed E-state index contributed by atoms with van der Waals surface area (Å²) in [6, 6.07) is 8.27. The number of hydrogen-bond acceptors (Lipinski definition) is 4. The van der Waals surface area contributed by atoms with Crippen molar-refractivity contribution >= 4 is 11.6 Å². The van der Waals surface area contributed by atoms with Crippen LogP contribution in [0.4, 0.5) is 5.69 Å². The van der Waals surface area contributed by atoms with Gasteiger partial charge in [0.2, 0.25) is 5.91 Å². The van der Waals surface area contributed by atoms with E-state index < -0.39 is 5.79 Å². The number of rotatable bonds is 5. The van der Waals surface area contributed by atoms with Crippen LogP contribution in [0.1, 0.15) is 37.7 Å². The van der Waals surface area contributed by atoms with Crippen molar-refractivity contribution < 1.29 is 14.3 Å². The monoisotopic (exact) mass is 344 g/mol. The smallest absolute Gasteiger partial charge is 0.232 e. The fourth-order valence-corrected chi connectivity index (χ4v) is 4.37. The topological polar surface area (TPSA) is 50.8 Å². The van der Waals surface area contributed by atoms with Gasteiger partial charge in [0, 0.05) is 18.7 Å². The summed E-state index contributed by atoms with van der Waals surface area (Å²) in [5.41, 5.74) is 2.18. The van der Waals surface area contributed by atoms with Crippen LogP contribution in [0.15, 0.2) is 24.3 Å². The van der Waals surface area contributed by atoms with E-state index in [1.807, 2.05) is 12.1 Å². The number of carbonyl (C=O) groups excluding carboxylic acids is 1. The third kappa shape index (κ3) is 3.73. The van der Waals surface area contributed by atoms with Crippen LogP contribution in [0.2, 0.25) is 0 Å². The van der Waals surface area contributed by atoms with Gasteiger partial charge in [0.25, 0.3) is 0 Å². The molecule has 1 aromatic rings. The predicted octanol–water partition coefficient (Wildman–Crippen LogP) is 2.81. The molecule has 0 aromatic heterocycles. The first-order chi connectivity index (χ1) is 12.3. The van der Waals surface area contributed by atoms with Gasteiger partial charge in [-0.15, -0.1) is 0 Å². The number of nitrogens with zero attached hydrogens (tertiary/aromatic N) is 1. The molecule has 1 saturated carbocycles. The van der Waals surface area contributed by atoms with Gasteiger partial charge in [-0.2, -0.15) is 0 Å². The Morgan fingerprint density at radius 1 is 1.12 bits per heavy atom. The van der Waals surface area contributed by atoms with Crippen LogP contribution < -0.4 is 5.32 Å². The Labute approximate surface area is 149 Å². The van der Waals surface area contributed by atoms with E-state index in [4.69, 9.17) is 9.47 Å². The van der Waals surface area contributed by atoms with Crippen LogP contribution in [0.25, 0.3) is 0 Å². The SMILES string of the molecule is O=C(Nc1ccc(CCN2CCCC2)cc1)[C@H]1CCCC12OCCO2. The molecule has 1 aliphatic carbocycles. The third-order valence-electron chi connectivity index (χ3n) is 5.78. The van der Waals surface area contributed by atoms with E-state index in [0.29, 0.717) is 13.2 Å². The molecule has 4 rings (SSSR count). The number of benzene rings is 1. The first kappa shape index (κ1) is 17.0. The Morgan fingerprint density at radius 3 is 2.56 bits per heavy atom. The molecule has 1 spiro atoms. The summed E-state index contributed by atoms with van der Waals surface area (Å²) in [4.78, 5) is 15.2. The molecule has 1 aromatic carbocycles. The lowest BCUT2D eigenvalue weighted by Gasteiger charge is -2.28. The average Bonchev–Trinajstić information content (AvgIpc) is 3.38. The summed E-state index contributed by atoms with van der Waals surface area (Å²) < 4.78 is 11.6. The van der Waals surface area contributed by atoms with Crippen LogP contribution in [-0.4, -0.2) is 49.4 Å². The fourth-order valence-electron chi connectivity index (χ4n) is 4.37. The first-order valence-electron chi connectivity index (χ1n) is 9.65. The second kappa shape index (κ2) is 7.44. The van der Waals surface area contributed by atoms with Gasteiger partial charge >= 0.3 is 0 Å². The highest BCUT2D eigenvalue weighted by atomic mass is 16.7. The van der Waals surface area contributed by atoms with E-state index in [9.17, 15) is 4.79 Å². The van der Waals surface area contributed by atoms with Gasteiger partial charge in [-0.1, -0.05) is 12.1 Å². The molecule has 3 aliphatic rings. The van der Waals surface area contributed by atoms with Crippen molar-refractivity contribution in [3.05, 3.63) is 29.8 Å². The lowest BCUT2D eigenvalue weighted by molar-refractivity contribution is -0.184. The van der Waals surface area contributed by atoms with E-state index in [-0.39, 0.29) is 11.8 Å². The van der Waals surface area contributed by atoms with Crippen molar-refractivity contribution in [2.75, 3.05) is 38.2 Å². The molecule has 3 fully saturated rings. The highest BCUT2D eigenvalue weighted by Gasteiger charge is 2.51. The van der Waals surface area contributed by atoms with Gasteiger partial charge in [0.1, 0.15) is 0 Å². The first-order valence-corrected chi connectivity index (χ1v) is 9.65. The molecule has 1 atom stereocenters. The minimum absolute atomic E-state index is 0.0178. The number of anilines is 1. The molecular formula is C20H28N2O3. The molecular weight excluding hydrogens is 316 g/mol. The lowest BCUT2D eigenvalue weighted by atomic mass is 10.0. The summed E-state index contributed by atoms with van der Waals surface area (Å²) in [6.45, 7) is 4.79. The van der Waals surface area contributed by atoms with Crippen LogP contribution in [0.5, 0.6) is 0 Å². The molecule has 0 unspecified atom stereocenters. The normalized spacial score (nSPS) is 25.7. The van der Waals surface area contributed by atoms with Crippen molar-refractivity contribution in [1.82, 2.24) is 4.90 Å². The van der Waals surface area contributed by atoms with Crippen molar-refractivity contribution in [2.24, 2.45) is 5.92 Å². The van der Waals surface area contributed by atoms with E-state index in [1.54, 1.807) is 0 Å². The largest absolute Gasteiger partial charge is 0.347 e. The molecule has 2 saturated heterocycles. The summed E-state index contributed by atoms with van der Waals surface area (Å²) in [5, 5.41) is 3.05. The van der Waals surface area contributed by atoms with Crippen molar-refractivity contribution in [3.63, 3.8) is 0 Å². The second-order valence-corrected chi connectivity index (χ2v) is 7.44. The zero-order chi connectivity index (χ0) is 17.1. The zero-order valence-electron chi connectivity index (χ0n) is 14.8. The third-order valence-corrected chi connectivity index (χ3v) is 5.78. The molecule has 5 heteroatoms. The Kier molecular flexibility index (Phi) is 5.06. The van der Waals surface area contributed by atoms with Gasteiger partial charge in [-0.25, -0.2) is 0 Å². The minimum Gasteiger partial charge on any atom is -0.347 e. The summed E-state index contributed by atoms with van der Waals surface area (Å²) in [5.74, 6) is -0.853. The molecule has 136 valence electrons. The minimum atomic E-state index is -0.667. The molecule has 0 radical (unpaired) electrons. The summed E-state index contributed by atoms with van der Waals surface area (Å²) >= 11 is 0. The molecule has 2 heterocycles. The number of ether oxygens (including phenoxy) is 2. The highest BCUT2D eigenvalue weighted by molar-refractivity contribution is 5.93. The van der Waals surface area contributed by atoms with Gasteiger partial charge in [0.15, 0.2) is 5.79 Å². The van der Waals surface area contributed by atoms with Gasteiger partial charge in [0.05, 0.1) is 19.1 Å². The molecule has 1 N–H and O–H groups in total. The average molecular weight is 344 g/mol. The number of hydrogen-bond donors (Lipinski definition) is 1. The summed E-state index contributed by atoms with van der Waals surface area (Å²) in [7, 11) is 0. The zero-order valence-corrected chi connectivity index (χ0v) is 14.8. The number of nitrogens with one attached hydrogen (secondary N) is 1. The maximum Gasteiger partial charge on any atom is 0.232 e. The maximum absolute atomic E-state index is 12.7. The van der Waals surface area contributed by atoms with Gasteiger partial charge in [-0.05, 0) is 62.9 Å². The van der Waals surface area contributed by atoms with Crippen LogP contribution in [-0.2, 0) is 20.7 Å². The quantitative estimate of drug-likeness (QED) is 0.892. The number of likely N-dealkylation sites (tertiary alicyclic amines) is 1. The van der Waals surface area contributed by atoms with Crippen molar-refractivity contribution in [1.29, 1.82) is 0 Å². The summed E-state index contributed by atoms with van der Waals surface area (Å²) in [6.07, 6.45) is 6.37. The van der Waals surface area contributed by atoms with Crippen LogP contribution in [0.3, 0.4) is 0 Å². The van der Waals surface area contributed by atoms with E-state index >= 15 is 0 Å². The predicted molar refractivity (Wildman–Crippen MR) is 96.4 cm³/mol. The van der Waals surface area contributed by atoms with Crippen molar-refractivity contribution in [3.8, 4) is 0 Å². The Bertz CT molecular complexity index is 584. The Hall–Kier alpha value is -1.43. The van der Waals surface area contributed by atoms with Crippen LogP contribution >= 0.6 is 0 Å². The molecule has 0 bridgehead atoms. The molecule has 25 heavy (non-hydrogen) atoms.